The standard InChI is InChI=1S/C25H32FN7O2S/c1-30(2)21-8-12-32(16-21)17-23(34)33(15-19-4-6-20(26)7-5-19)25-29-14-22(36-25)24(35)28-9-3-11-31-13-10-27-18-31/h4-7,10,13-14,18,21H,3,8-9,11-12,15-17H2,1-2H3,(H,28,35). The second-order valence-corrected chi connectivity index (χ2v) is 10.2. The molecule has 0 saturated carbocycles. The number of halogens is 1. The average Bonchev–Trinajstić information content (AvgIpc) is 3.63. The second kappa shape index (κ2) is 12.2. The van der Waals surface area contributed by atoms with Crippen LogP contribution >= 0.6 is 11.3 Å². The molecule has 1 fully saturated rings. The number of rotatable bonds is 11. The van der Waals surface area contributed by atoms with E-state index in [-0.39, 0.29) is 30.7 Å². The van der Waals surface area contributed by atoms with E-state index in [0.717, 1.165) is 38.0 Å². The molecule has 3 heterocycles. The van der Waals surface area contributed by atoms with Gasteiger partial charge in [0.2, 0.25) is 5.91 Å². The predicted molar refractivity (Wildman–Crippen MR) is 137 cm³/mol. The van der Waals surface area contributed by atoms with Crippen LogP contribution in [-0.4, -0.2) is 82.5 Å². The van der Waals surface area contributed by atoms with Crippen molar-refractivity contribution in [2.24, 2.45) is 0 Å². The quantitative estimate of drug-likeness (QED) is 0.397. The molecule has 1 N–H and O–H groups in total. The fourth-order valence-electron chi connectivity index (χ4n) is 4.15. The zero-order chi connectivity index (χ0) is 25.5. The van der Waals surface area contributed by atoms with Crippen molar-refractivity contribution in [3.05, 3.63) is 65.4 Å². The molecule has 0 radical (unpaired) electrons. The number of amides is 2. The van der Waals surface area contributed by atoms with Crippen molar-refractivity contribution in [1.82, 2.24) is 29.7 Å². The first kappa shape index (κ1) is 25.9. The summed E-state index contributed by atoms with van der Waals surface area (Å²) < 4.78 is 15.4. The summed E-state index contributed by atoms with van der Waals surface area (Å²) in [6.07, 6.45) is 8.64. The van der Waals surface area contributed by atoms with Crippen LogP contribution in [0.2, 0.25) is 0 Å². The van der Waals surface area contributed by atoms with Crippen LogP contribution in [0.15, 0.2) is 49.2 Å². The molecule has 11 heteroatoms. The molecule has 9 nitrogen and oxygen atoms in total. The SMILES string of the molecule is CN(C)C1CCN(CC(=O)N(Cc2ccc(F)cc2)c2ncc(C(=O)NCCCn3ccnc3)s2)C1. The lowest BCUT2D eigenvalue weighted by atomic mass is 10.2. The van der Waals surface area contributed by atoms with Gasteiger partial charge in [-0.25, -0.2) is 14.4 Å². The minimum atomic E-state index is -0.329. The van der Waals surface area contributed by atoms with E-state index in [9.17, 15) is 14.0 Å². The first-order valence-corrected chi connectivity index (χ1v) is 12.8. The maximum atomic E-state index is 13.4. The molecule has 192 valence electrons. The predicted octanol–water partition coefficient (Wildman–Crippen LogP) is 2.47. The van der Waals surface area contributed by atoms with Gasteiger partial charge >= 0.3 is 0 Å². The lowest BCUT2D eigenvalue weighted by Gasteiger charge is -2.24. The Morgan fingerprint density at radius 1 is 1.25 bits per heavy atom. The number of likely N-dealkylation sites (tertiary alicyclic amines) is 1. The largest absolute Gasteiger partial charge is 0.351 e. The van der Waals surface area contributed by atoms with Gasteiger partial charge in [0, 0.05) is 44.6 Å². The molecule has 0 bridgehead atoms. The van der Waals surface area contributed by atoms with E-state index in [1.807, 2.05) is 10.8 Å². The van der Waals surface area contributed by atoms with Crippen LogP contribution in [0.3, 0.4) is 0 Å². The number of aryl methyl sites for hydroxylation is 1. The number of likely N-dealkylation sites (N-methyl/N-ethyl adjacent to an activating group) is 1. The van der Waals surface area contributed by atoms with Crippen LogP contribution in [0, 0.1) is 5.82 Å². The number of thiazole rings is 1. The molecule has 1 atom stereocenters. The van der Waals surface area contributed by atoms with Crippen LogP contribution < -0.4 is 10.2 Å². The Labute approximate surface area is 214 Å². The van der Waals surface area contributed by atoms with Crippen molar-refractivity contribution in [2.45, 2.75) is 32.0 Å². The Hall–Kier alpha value is -3.15. The third-order valence-corrected chi connectivity index (χ3v) is 7.30. The van der Waals surface area contributed by atoms with Gasteiger partial charge in [-0.3, -0.25) is 19.4 Å². The Morgan fingerprint density at radius 3 is 2.75 bits per heavy atom. The minimum Gasteiger partial charge on any atom is -0.351 e. The molecule has 1 aliphatic rings. The molecule has 3 aromatic rings. The fourth-order valence-corrected chi connectivity index (χ4v) is 5.00. The van der Waals surface area contributed by atoms with Gasteiger partial charge in [-0.2, -0.15) is 0 Å². The highest BCUT2D eigenvalue weighted by atomic mass is 32.1. The van der Waals surface area contributed by atoms with Gasteiger partial charge in [0.1, 0.15) is 10.7 Å². The number of carbonyl (C=O) groups is 2. The zero-order valence-electron chi connectivity index (χ0n) is 20.6. The number of anilines is 1. The van der Waals surface area contributed by atoms with E-state index in [0.29, 0.717) is 22.6 Å². The first-order chi connectivity index (χ1) is 17.4. The third kappa shape index (κ3) is 6.96. The van der Waals surface area contributed by atoms with E-state index in [1.165, 1.54) is 29.7 Å². The number of nitrogens with one attached hydrogen (secondary N) is 1. The van der Waals surface area contributed by atoms with Gasteiger partial charge < -0.3 is 14.8 Å². The van der Waals surface area contributed by atoms with Gasteiger partial charge in [0.25, 0.3) is 5.91 Å². The summed E-state index contributed by atoms with van der Waals surface area (Å²) in [5.41, 5.74) is 0.790. The van der Waals surface area contributed by atoms with Crippen molar-refractivity contribution in [1.29, 1.82) is 0 Å². The topological polar surface area (TPSA) is 86.6 Å². The lowest BCUT2D eigenvalue weighted by molar-refractivity contribution is -0.119. The minimum absolute atomic E-state index is 0.0969. The lowest BCUT2D eigenvalue weighted by Crippen LogP contribution is -2.40. The number of aromatic nitrogens is 3. The van der Waals surface area contributed by atoms with Gasteiger partial charge in [-0.1, -0.05) is 23.5 Å². The summed E-state index contributed by atoms with van der Waals surface area (Å²) >= 11 is 1.18. The van der Waals surface area contributed by atoms with Crippen LogP contribution in [0.5, 0.6) is 0 Å². The van der Waals surface area contributed by atoms with Crippen LogP contribution in [-0.2, 0) is 17.9 Å². The van der Waals surface area contributed by atoms with Crippen molar-refractivity contribution in [2.75, 3.05) is 45.2 Å². The van der Waals surface area contributed by atoms with E-state index < -0.39 is 0 Å². The Balaban J connectivity index is 1.41. The monoisotopic (exact) mass is 513 g/mol. The number of imidazole rings is 1. The number of carbonyl (C=O) groups excluding carboxylic acids is 2. The molecule has 1 saturated heterocycles. The molecule has 4 rings (SSSR count). The van der Waals surface area contributed by atoms with E-state index >= 15 is 0 Å². The Kier molecular flexibility index (Phi) is 8.79. The van der Waals surface area contributed by atoms with Crippen LogP contribution in [0.25, 0.3) is 0 Å². The molecule has 0 aliphatic carbocycles. The normalized spacial score (nSPS) is 15.9. The van der Waals surface area contributed by atoms with Crippen LogP contribution in [0.1, 0.15) is 28.1 Å². The Bertz CT molecular complexity index is 1130. The molecule has 36 heavy (non-hydrogen) atoms. The molecule has 2 aromatic heterocycles. The Morgan fingerprint density at radius 2 is 2.06 bits per heavy atom. The highest BCUT2D eigenvalue weighted by molar-refractivity contribution is 7.17. The zero-order valence-corrected chi connectivity index (χ0v) is 21.5. The van der Waals surface area contributed by atoms with E-state index in [1.54, 1.807) is 29.6 Å². The van der Waals surface area contributed by atoms with Crippen molar-refractivity contribution in [3.8, 4) is 0 Å². The summed E-state index contributed by atoms with van der Waals surface area (Å²) in [6.45, 7) is 3.48. The molecular formula is C25H32FN7O2S. The summed E-state index contributed by atoms with van der Waals surface area (Å²) in [5.74, 6) is -0.642. The number of benzene rings is 1. The van der Waals surface area contributed by atoms with Crippen molar-refractivity contribution in [3.63, 3.8) is 0 Å². The van der Waals surface area contributed by atoms with Gasteiger partial charge in [0.15, 0.2) is 5.13 Å². The van der Waals surface area contributed by atoms with Gasteiger partial charge in [0.05, 0.1) is 25.6 Å². The first-order valence-electron chi connectivity index (χ1n) is 12.0. The third-order valence-electron chi connectivity index (χ3n) is 6.28. The summed E-state index contributed by atoms with van der Waals surface area (Å²) in [5, 5.41) is 3.37. The highest BCUT2D eigenvalue weighted by Gasteiger charge is 2.28. The van der Waals surface area contributed by atoms with Crippen LogP contribution in [0.4, 0.5) is 9.52 Å². The highest BCUT2D eigenvalue weighted by Crippen LogP contribution is 2.25. The number of nitrogens with zero attached hydrogens (tertiary/aromatic N) is 6. The summed E-state index contributed by atoms with van der Waals surface area (Å²) in [6, 6.07) is 6.51. The van der Waals surface area contributed by atoms with Crippen molar-refractivity contribution >= 4 is 28.3 Å². The van der Waals surface area contributed by atoms with E-state index in [2.05, 4.69) is 39.2 Å². The van der Waals surface area contributed by atoms with Crippen molar-refractivity contribution < 1.29 is 14.0 Å². The second-order valence-electron chi connectivity index (χ2n) is 9.16. The molecule has 1 aliphatic heterocycles. The fraction of sp³-hybridized carbons (Fsp3) is 0.440. The van der Waals surface area contributed by atoms with E-state index in [4.69, 9.17) is 0 Å². The smallest absolute Gasteiger partial charge is 0.263 e. The summed E-state index contributed by atoms with van der Waals surface area (Å²) in [7, 11) is 4.10. The van der Waals surface area contributed by atoms with Gasteiger partial charge in [-0.05, 0) is 44.6 Å². The molecule has 2 amide bonds. The average molecular weight is 514 g/mol. The number of hydrogen-bond acceptors (Lipinski definition) is 7. The maximum Gasteiger partial charge on any atom is 0.263 e. The molecule has 1 unspecified atom stereocenters. The van der Waals surface area contributed by atoms with Gasteiger partial charge in [-0.15, -0.1) is 0 Å². The molecule has 0 spiro atoms. The number of hydrogen-bond donors (Lipinski definition) is 1. The summed E-state index contributed by atoms with van der Waals surface area (Å²) in [4.78, 5) is 40.9. The maximum absolute atomic E-state index is 13.4. The molecule has 1 aromatic carbocycles. The molecular weight excluding hydrogens is 481 g/mol.